The maximum absolute atomic E-state index is 6.47. The van der Waals surface area contributed by atoms with E-state index in [1.807, 2.05) is 47.2 Å². The number of imidazole rings is 1. The Morgan fingerprint density at radius 3 is 2.58 bits per heavy atom. The van der Waals surface area contributed by atoms with Gasteiger partial charge in [-0.1, -0.05) is 41.4 Å². The highest BCUT2D eigenvalue weighted by Crippen LogP contribution is 2.33. The zero-order valence-electron chi connectivity index (χ0n) is 17.3. The van der Waals surface area contributed by atoms with Gasteiger partial charge in [-0.05, 0) is 41.8 Å². The fourth-order valence-electron chi connectivity index (χ4n) is 3.75. The SMILES string of the molecule is COc1ccc(C(Cc2ccc(Cl)cc2Cl)c2cn(CCC3OCCO3)c(N)n2)cc1. The van der Waals surface area contributed by atoms with Crippen molar-refractivity contribution in [2.75, 3.05) is 26.1 Å². The number of anilines is 1. The van der Waals surface area contributed by atoms with Gasteiger partial charge < -0.3 is 24.5 Å². The number of halogens is 2. The van der Waals surface area contributed by atoms with Crippen LogP contribution in [0.5, 0.6) is 5.75 Å². The Morgan fingerprint density at radius 2 is 1.90 bits per heavy atom. The number of nitrogens with zero attached hydrogens (tertiary/aromatic N) is 2. The van der Waals surface area contributed by atoms with Crippen molar-refractivity contribution in [3.8, 4) is 5.75 Å². The van der Waals surface area contributed by atoms with Crippen molar-refractivity contribution < 1.29 is 14.2 Å². The van der Waals surface area contributed by atoms with Gasteiger partial charge in [0.2, 0.25) is 0 Å². The Kier molecular flexibility index (Phi) is 7.02. The van der Waals surface area contributed by atoms with Gasteiger partial charge in [-0.15, -0.1) is 0 Å². The van der Waals surface area contributed by atoms with Crippen LogP contribution in [0.3, 0.4) is 0 Å². The number of nitrogens with two attached hydrogens (primary N) is 1. The molecule has 1 aromatic heterocycles. The minimum Gasteiger partial charge on any atom is -0.497 e. The number of methoxy groups -OCH3 is 1. The second kappa shape index (κ2) is 9.92. The highest BCUT2D eigenvalue weighted by Gasteiger charge is 2.22. The maximum Gasteiger partial charge on any atom is 0.200 e. The molecule has 1 unspecified atom stereocenters. The fourth-order valence-corrected chi connectivity index (χ4v) is 4.24. The molecule has 8 heteroatoms. The minimum atomic E-state index is -0.185. The van der Waals surface area contributed by atoms with Crippen molar-refractivity contribution in [2.45, 2.75) is 31.6 Å². The lowest BCUT2D eigenvalue weighted by Gasteiger charge is -2.17. The zero-order valence-corrected chi connectivity index (χ0v) is 18.8. The summed E-state index contributed by atoms with van der Waals surface area (Å²) in [4.78, 5) is 4.68. The van der Waals surface area contributed by atoms with Gasteiger partial charge in [0.25, 0.3) is 0 Å². The van der Waals surface area contributed by atoms with Gasteiger partial charge in [0.05, 0.1) is 26.0 Å². The molecule has 3 aromatic rings. The quantitative estimate of drug-likeness (QED) is 0.515. The van der Waals surface area contributed by atoms with E-state index in [1.165, 1.54) is 0 Å². The number of aromatic nitrogens is 2. The number of hydrogen-bond donors (Lipinski definition) is 1. The van der Waals surface area contributed by atoms with Gasteiger partial charge in [-0.2, -0.15) is 0 Å². The molecule has 0 saturated carbocycles. The molecular formula is C23H25Cl2N3O3. The summed E-state index contributed by atoms with van der Waals surface area (Å²) in [5.74, 6) is 1.23. The Balaban J connectivity index is 1.62. The lowest BCUT2D eigenvalue weighted by molar-refractivity contribution is -0.0489. The van der Waals surface area contributed by atoms with E-state index in [4.69, 9.17) is 43.1 Å². The van der Waals surface area contributed by atoms with Crippen molar-refractivity contribution in [3.05, 3.63) is 75.5 Å². The number of hydrogen-bond acceptors (Lipinski definition) is 5. The summed E-state index contributed by atoms with van der Waals surface area (Å²) >= 11 is 12.6. The molecule has 1 aliphatic rings. The molecule has 0 aliphatic carbocycles. The van der Waals surface area contributed by atoms with Gasteiger partial charge >= 0.3 is 0 Å². The molecule has 1 aliphatic heterocycles. The summed E-state index contributed by atoms with van der Waals surface area (Å²) in [6.07, 6.45) is 3.20. The average molecular weight is 462 g/mol. The number of ether oxygens (including phenoxy) is 3. The maximum atomic E-state index is 6.47. The third kappa shape index (κ3) is 5.33. The van der Waals surface area contributed by atoms with E-state index in [2.05, 4.69) is 4.98 Å². The van der Waals surface area contributed by atoms with Gasteiger partial charge in [-0.25, -0.2) is 4.98 Å². The van der Waals surface area contributed by atoms with Crippen LogP contribution in [0.15, 0.2) is 48.7 Å². The van der Waals surface area contributed by atoms with Crippen molar-refractivity contribution >= 4 is 29.2 Å². The van der Waals surface area contributed by atoms with E-state index in [1.54, 1.807) is 13.2 Å². The molecule has 1 fully saturated rings. The first-order chi connectivity index (χ1) is 15.0. The first-order valence-electron chi connectivity index (χ1n) is 10.2. The lowest BCUT2D eigenvalue weighted by Crippen LogP contribution is -2.12. The number of rotatable bonds is 8. The van der Waals surface area contributed by atoms with Crippen LogP contribution in [0.4, 0.5) is 5.95 Å². The van der Waals surface area contributed by atoms with E-state index < -0.39 is 0 Å². The van der Waals surface area contributed by atoms with E-state index >= 15 is 0 Å². The molecule has 1 atom stereocenters. The van der Waals surface area contributed by atoms with E-state index in [9.17, 15) is 0 Å². The minimum absolute atomic E-state index is 0.0351. The molecule has 2 N–H and O–H groups in total. The van der Waals surface area contributed by atoms with Crippen molar-refractivity contribution in [1.82, 2.24) is 9.55 Å². The van der Waals surface area contributed by atoms with Crippen LogP contribution in [0.2, 0.25) is 10.0 Å². The molecule has 1 saturated heterocycles. The van der Waals surface area contributed by atoms with E-state index in [0.717, 1.165) is 29.0 Å². The molecule has 0 spiro atoms. The Hall–Kier alpha value is -2.25. The van der Waals surface area contributed by atoms with Gasteiger partial charge in [-0.3, -0.25) is 0 Å². The average Bonchev–Trinajstić information content (AvgIpc) is 3.41. The first-order valence-corrected chi connectivity index (χ1v) is 10.9. The molecule has 6 nitrogen and oxygen atoms in total. The predicted octanol–water partition coefficient (Wildman–Crippen LogP) is 4.92. The van der Waals surface area contributed by atoms with Crippen LogP contribution >= 0.6 is 23.2 Å². The molecule has 31 heavy (non-hydrogen) atoms. The largest absolute Gasteiger partial charge is 0.497 e. The summed E-state index contributed by atoms with van der Waals surface area (Å²) < 4.78 is 18.3. The summed E-state index contributed by atoms with van der Waals surface area (Å²) in [5.41, 5.74) is 9.20. The number of aryl methyl sites for hydroxylation is 1. The lowest BCUT2D eigenvalue weighted by atomic mass is 9.89. The Bertz CT molecular complexity index is 1020. The molecule has 0 bridgehead atoms. The van der Waals surface area contributed by atoms with Crippen LogP contribution in [0, 0.1) is 0 Å². The normalized spacial score (nSPS) is 15.3. The van der Waals surface area contributed by atoms with Crippen LogP contribution in [0.1, 0.15) is 29.2 Å². The van der Waals surface area contributed by atoms with E-state index in [0.29, 0.717) is 42.2 Å². The summed E-state index contributed by atoms with van der Waals surface area (Å²) in [7, 11) is 1.65. The van der Waals surface area contributed by atoms with E-state index in [-0.39, 0.29) is 12.2 Å². The molecule has 4 rings (SSSR count). The van der Waals surface area contributed by atoms with Crippen LogP contribution in [-0.2, 0) is 22.4 Å². The smallest absolute Gasteiger partial charge is 0.200 e. The topological polar surface area (TPSA) is 71.5 Å². The fraction of sp³-hybridized carbons (Fsp3) is 0.348. The number of nitrogen functional groups attached to an aromatic ring is 1. The highest BCUT2D eigenvalue weighted by molar-refractivity contribution is 6.35. The van der Waals surface area contributed by atoms with Crippen molar-refractivity contribution in [2.24, 2.45) is 0 Å². The van der Waals surface area contributed by atoms with Crippen LogP contribution < -0.4 is 10.5 Å². The molecule has 2 aromatic carbocycles. The Labute approximate surface area is 191 Å². The number of benzene rings is 2. The van der Waals surface area contributed by atoms with Gasteiger partial charge in [0.1, 0.15) is 5.75 Å². The van der Waals surface area contributed by atoms with Crippen molar-refractivity contribution in [1.29, 1.82) is 0 Å². The summed E-state index contributed by atoms with van der Waals surface area (Å²) in [6.45, 7) is 1.94. The second-order valence-electron chi connectivity index (χ2n) is 7.44. The van der Waals surface area contributed by atoms with Crippen LogP contribution in [-0.4, -0.2) is 36.2 Å². The van der Waals surface area contributed by atoms with Gasteiger partial charge in [0, 0.05) is 35.1 Å². The van der Waals surface area contributed by atoms with Crippen molar-refractivity contribution in [3.63, 3.8) is 0 Å². The summed E-state index contributed by atoms with van der Waals surface area (Å²) in [5, 5.41) is 1.24. The molecule has 0 radical (unpaired) electrons. The molecule has 164 valence electrons. The molecule has 2 heterocycles. The highest BCUT2D eigenvalue weighted by atomic mass is 35.5. The third-order valence-corrected chi connectivity index (χ3v) is 6.02. The standard InChI is InChI=1S/C23H25Cl2N3O3/c1-29-18-6-3-15(4-7-18)19(12-16-2-5-17(24)13-20(16)25)21-14-28(23(26)27-21)9-8-22-30-10-11-31-22/h2-7,13-14,19,22H,8-12H2,1H3,(H2,26,27). The second-order valence-corrected chi connectivity index (χ2v) is 8.29. The monoisotopic (exact) mass is 461 g/mol. The first kappa shape index (κ1) is 22.0. The van der Waals surface area contributed by atoms with Gasteiger partial charge in [0.15, 0.2) is 12.2 Å². The molecular weight excluding hydrogens is 437 g/mol. The predicted molar refractivity (Wildman–Crippen MR) is 122 cm³/mol. The summed E-state index contributed by atoms with van der Waals surface area (Å²) in [6, 6.07) is 13.5. The molecule has 0 amide bonds. The third-order valence-electron chi connectivity index (χ3n) is 5.44. The van der Waals surface area contributed by atoms with Crippen LogP contribution in [0.25, 0.3) is 0 Å². The Morgan fingerprint density at radius 1 is 1.16 bits per heavy atom. The zero-order chi connectivity index (χ0) is 21.8.